The molecule has 0 aliphatic rings. The third kappa shape index (κ3) is 2.67. The molecule has 22 heavy (non-hydrogen) atoms. The molecule has 0 radical (unpaired) electrons. The number of nitriles is 1. The van der Waals surface area contributed by atoms with Crippen molar-refractivity contribution in [2.75, 3.05) is 0 Å². The van der Waals surface area contributed by atoms with Gasteiger partial charge in [-0.15, -0.1) is 11.3 Å². The van der Waals surface area contributed by atoms with E-state index in [0.717, 1.165) is 21.7 Å². The van der Waals surface area contributed by atoms with E-state index in [1.807, 2.05) is 13.0 Å². The molecule has 0 aliphatic heterocycles. The second-order valence-electron chi connectivity index (χ2n) is 4.66. The molecule has 0 N–H and O–H groups in total. The predicted octanol–water partition coefficient (Wildman–Crippen LogP) is 2.77. The number of hydrogen-bond donors (Lipinski definition) is 0. The smallest absolute Gasteiger partial charge is 0.267 e. The fraction of sp³-hybridized carbons (Fsp3) is 0.125. The molecule has 0 bridgehead atoms. The Balaban J connectivity index is 1.96. The van der Waals surface area contributed by atoms with Crippen molar-refractivity contribution in [3.63, 3.8) is 0 Å². The summed E-state index contributed by atoms with van der Waals surface area (Å²) < 4.78 is 1.23. The van der Waals surface area contributed by atoms with Gasteiger partial charge in [0, 0.05) is 4.88 Å². The Hall–Kier alpha value is -2.78. The van der Waals surface area contributed by atoms with Crippen LogP contribution in [0.4, 0.5) is 0 Å². The lowest BCUT2D eigenvalue weighted by Crippen LogP contribution is -2.16. The third-order valence-electron chi connectivity index (χ3n) is 3.21. The van der Waals surface area contributed by atoms with Gasteiger partial charge in [-0.1, -0.05) is 19.1 Å². The van der Waals surface area contributed by atoms with Crippen LogP contribution >= 0.6 is 11.3 Å². The van der Waals surface area contributed by atoms with Crippen LogP contribution in [0.15, 0.2) is 46.6 Å². The zero-order valence-electron chi connectivity index (χ0n) is 11.9. The number of fused-ring (bicyclic) bond motifs is 1. The summed E-state index contributed by atoms with van der Waals surface area (Å²) in [6, 6.07) is 10.9. The van der Waals surface area contributed by atoms with Crippen molar-refractivity contribution in [3.05, 3.63) is 63.0 Å². The van der Waals surface area contributed by atoms with Gasteiger partial charge in [0.05, 0.1) is 23.2 Å². The van der Waals surface area contributed by atoms with E-state index in [-0.39, 0.29) is 5.56 Å². The van der Waals surface area contributed by atoms with Crippen LogP contribution in [0, 0.1) is 11.3 Å². The first-order chi connectivity index (χ1) is 10.7. The first-order valence-electron chi connectivity index (χ1n) is 6.76. The summed E-state index contributed by atoms with van der Waals surface area (Å²) in [7, 11) is 0. The van der Waals surface area contributed by atoms with Crippen LogP contribution in [0.3, 0.4) is 0 Å². The number of aryl methyl sites for hydroxylation is 1. The van der Waals surface area contributed by atoms with Crippen LogP contribution in [0.1, 0.15) is 22.9 Å². The van der Waals surface area contributed by atoms with E-state index in [4.69, 9.17) is 5.26 Å². The molecule has 108 valence electrons. The Kier molecular flexibility index (Phi) is 3.81. The summed E-state index contributed by atoms with van der Waals surface area (Å²) in [5, 5.41) is 13.5. The minimum absolute atomic E-state index is 0.175. The van der Waals surface area contributed by atoms with Crippen molar-refractivity contribution in [2.24, 2.45) is 5.10 Å². The number of thiophene rings is 1. The molecule has 2 aromatic heterocycles. The highest BCUT2D eigenvalue weighted by atomic mass is 32.1. The van der Waals surface area contributed by atoms with Crippen LogP contribution in [-0.4, -0.2) is 15.9 Å². The van der Waals surface area contributed by atoms with Crippen LogP contribution in [0.25, 0.3) is 10.2 Å². The van der Waals surface area contributed by atoms with Gasteiger partial charge in [0.1, 0.15) is 11.2 Å². The topological polar surface area (TPSA) is 71.0 Å². The van der Waals surface area contributed by atoms with Crippen molar-refractivity contribution in [3.8, 4) is 6.07 Å². The highest BCUT2D eigenvalue weighted by molar-refractivity contribution is 7.18. The van der Waals surface area contributed by atoms with Crippen LogP contribution in [0.5, 0.6) is 0 Å². The third-order valence-corrected chi connectivity index (χ3v) is 4.39. The lowest BCUT2D eigenvalue weighted by atomic mass is 10.2. The van der Waals surface area contributed by atoms with Crippen molar-refractivity contribution >= 4 is 27.8 Å². The van der Waals surface area contributed by atoms with Gasteiger partial charge >= 0.3 is 0 Å². The molecule has 2 heterocycles. The minimum Gasteiger partial charge on any atom is -0.267 e. The maximum absolute atomic E-state index is 12.4. The standard InChI is InChI=1S/C16H12N4OS/c1-2-13-7-14-15(22-13)18-10-20(16(14)21)19-9-12-5-3-11(8-17)4-6-12/h3-7,9-10H,2H2,1H3/b19-9-. The van der Waals surface area contributed by atoms with E-state index in [0.29, 0.717) is 10.9 Å². The van der Waals surface area contributed by atoms with Gasteiger partial charge in [-0.25, -0.2) is 4.98 Å². The number of hydrogen-bond acceptors (Lipinski definition) is 5. The zero-order valence-corrected chi connectivity index (χ0v) is 12.7. The highest BCUT2D eigenvalue weighted by Crippen LogP contribution is 2.20. The number of benzene rings is 1. The molecule has 1 aromatic carbocycles. The molecule has 5 nitrogen and oxygen atoms in total. The van der Waals surface area contributed by atoms with Gasteiger partial charge in [0.25, 0.3) is 5.56 Å². The van der Waals surface area contributed by atoms with Crippen LogP contribution in [-0.2, 0) is 6.42 Å². The molecular formula is C16H12N4OS. The van der Waals surface area contributed by atoms with Crippen LogP contribution in [0.2, 0.25) is 0 Å². The van der Waals surface area contributed by atoms with E-state index in [1.54, 1.807) is 30.5 Å². The van der Waals surface area contributed by atoms with E-state index < -0.39 is 0 Å². The maximum atomic E-state index is 12.4. The lowest BCUT2D eigenvalue weighted by Gasteiger charge is -1.97. The van der Waals surface area contributed by atoms with Crippen molar-refractivity contribution in [2.45, 2.75) is 13.3 Å². The zero-order chi connectivity index (χ0) is 15.5. The Bertz CT molecular complexity index is 945. The quantitative estimate of drug-likeness (QED) is 0.698. The predicted molar refractivity (Wildman–Crippen MR) is 87.4 cm³/mol. The normalized spacial score (nSPS) is 11.1. The Morgan fingerprint density at radius 1 is 1.41 bits per heavy atom. The lowest BCUT2D eigenvalue weighted by molar-refractivity contribution is 0.818. The van der Waals surface area contributed by atoms with Crippen molar-refractivity contribution in [1.82, 2.24) is 9.66 Å². The molecule has 3 rings (SSSR count). The summed E-state index contributed by atoms with van der Waals surface area (Å²) in [5.74, 6) is 0. The van der Waals surface area contributed by atoms with E-state index in [1.165, 1.54) is 22.3 Å². The fourth-order valence-electron chi connectivity index (χ4n) is 1.99. The van der Waals surface area contributed by atoms with Gasteiger partial charge in [-0.05, 0) is 30.2 Å². The van der Waals surface area contributed by atoms with Gasteiger partial charge in [0.15, 0.2) is 0 Å². The number of rotatable bonds is 3. The Morgan fingerprint density at radius 3 is 2.86 bits per heavy atom. The molecular weight excluding hydrogens is 296 g/mol. The fourth-order valence-corrected chi connectivity index (χ4v) is 2.92. The van der Waals surface area contributed by atoms with Crippen molar-refractivity contribution < 1.29 is 0 Å². The molecule has 6 heteroatoms. The summed E-state index contributed by atoms with van der Waals surface area (Å²) in [4.78, 5) is 18.5. The highest BCUT2D eigenvalue weighted by Gasteiger charge is 2.07. The average molecular weight is 308 g/mol. The van der Waals surface area contributed by atoms with E-state index in [9.17, 15) is 4.79 Å². The van der Waals surface area contributed by atoms with E-state index in [2.05, 4.69) is 16.2 Å². The van der Waals surface area contributed by atoms with Gasteiger partial charge in [-0.3, -0.25) is 4.79 Å². The summed E-state index contributed by atoms with van der Waals surface area (Å²) in [6.07, 6.45) is 3.89. The summed E-state index contributed by atoms with van der Waals surface area (Å²) in [5.41, 5.74) is 1.22. The second-order valence-corrected chi connectivity index (χ2v) is 5.77. The molecule has 3 aromatic rings. The maximum Gasteiger partial charge on any atom is 0.282 e. The monoisotopic (exact) mass is 308 g/mol. The Morgan fingerprint density at radius 2 is 2.18 bits per heavy atom. The average Bonchev–Trinajstić information content (AvgIpc) is 2.99. The Labute approximate surface area is 130 Å². The molecule has 0 saturated heterocycles. The first-order valence-corrected chi connectivity index (χ1v) is 7.57. The molecule has 0 spiro atoms. The molecule has 0 fully saturated rings. The number of aromatic nitrogens is 2. The largest absolute Gasteiger partial charge is 0.282 e. The summed E-state index contributed by atoms with van der Waals surface area (Å²) in [6.45, 7) is 2.05. The molecule has 0 unspecified atom stereocenters. The molecule has 0 amide bonds. The van der Waals surface area contributed by atoms with Gasteiger partial charge in [-0.2, -0.15) is 15.0 Å². The minimum atomic E-state index is -0.175. The van der Waals surface area contributed by atoms with E-state index >= 15 is 0 Å². The van der Waals surface area contributed by atoms with Crippen molar-refractivity contribution in [1.29, 1.82) is 5.26 Å². The molecule has 0 saturated carbocycles. The van der Waals surface area contributed by atoms with Gasteiger partial charge < -0.3 is 0 Å². The summed E-state index contributed by atoms with van der Waals surface area (Å²) >= 11 is 1.53. The number of nitrogens with zero attached hydrogens (tertiary/aromatic N) is 4. The first kappa shape index (κ1) is 14.2. The SMILES string of the molecule is CCc1cc2c(=O)n(/N=C\c3ccc(C#N)cc3)cnc2s1. The molecule has 0 aliphatic carbocycles. The second kappa shape index (κ2) is 5.92. The molecule has 0 atom stereocenters. The van der Waals surface area contributed by atoms with Gasteiger partial charge in [0.2, 0.25) is 0 Å². The van der Waals surface area contributed by atoms with Crippen LogP contribution < -0.4 is 5.56 Å².